The van der Waals surface area contributed by atoms with Gasteiger partial charge in [-0.15, -0.1) is 0 Å². The first-order chi connectivity index (χ1) is 13.1. The normalized spacial score (nSPS) is 12.3. The third-order valence-corrected chi connectivity index (χ3v) is 5.97. The van der Waals surface area contributed by atoms with E-state index in [1.807, 2.05) is 33.8 Å². The van der Waals surface area contributed by atoms with Gasteiger partial charge in [-0.3, -0.25) is 9.52 Å². The Morgan fingerprint density at radius 1 is 1.04 bits per heavy atom. The van der Waals surface area contributed by atoms with E-state index in [4.69, 9.17) is 4.74 Å². The SMILES string of the molecule is CC[C@@H](C)NC(=O)COc1ccc(S(=O)(=O)Nc2ccc(C)c(C)c2)cc1C. The average Bonchev–Trinajstić information content (AvgIpc) is 2.63. The van der Waals surface area contributed by atoms with Crippen LogP contribution in [0, 0.1) is 20.8 Å². The Morgan fingerprint density at radius 3 is 2.36 bits per heavy atom. The molecule has 0 aliphatic heterocycles. The fraction of sp³-hybridized carbons (Fsp3) is 0.381. The van der Waals surface area contributed by atoms with Crippen LogP contribution in [0.25, 0.3) is 0 Å². The molecular weight excluding hydrogens is 376 g/mol. The molecule has 0 radical (unpaired) electrons. The van der Waals surface area contributed by atoms with Crippen molar-refractivity contribution in [2.75, 3.05) is 11.3 Å². The lowest BCUT2D eigenvalue weighted by atomic mass is 10.1. The monoisotopic (exact) mass is 404 g/mol. The number of hydrogen-bond donors (Lipinski definition) is 2. The van der Waals surface area contributed by atoms with Crippen LogP contribution >= 0.6 is 0 Å². The first-order valence-electron chi connectivity index (χ1n) is 9.25. The van der Waals surface area contributed by atoms with Gasteiger partial charge in [0.1, 0.15) is 5.75 Å². The quantitative estimate of drug-likeness (QED) is 0.702. The number of anilines is 1. The zero-order valence-electron chi connectivity index (χ0n) is 17.0. The highest BCUT2D eigenvalue weighted by atomic mass is 32.2. The summed E-state index contributed by atoms with van der Waals surface area (Å²) in [6.45, 7) is 9.45. The lowest BCUT2D eigenvalue weighted by Gasteiger charge is -2.14. The Morgan fingerprint density at radius 2 is 1.75 bits per heavy atom. The molecule has 0 aromatic heterocycles. The van der Waals surface area contributed by atoms with Gasteiger partial charge in [0.05, 0.1) is 4.90 Å². The van der Waals surface area contributed by atoms with Gasteiger partial charge in [0.25, 0.3) is 15.9 Å². The summed E-state index contributed by atoms with van der Waals surface area (Å²) in [5.74, 6) is 0.270. The van der Waals surface area contributed by atoms with Gasteiger partial charge in [-0.05, 0) is 81.1 Å². The van der Waals surface area contributed by atoms with Gasteiger partial charge >= 0.3 is 0 Å². The molecule has 0 saturated heterocycles. The number of aryl methyl sites for hydroxylation is 3. The van der Waals surface area contributed by atoms with Crippen molar-refractivity contribution in [1.29, 1.82) is 0 Å². The number of rotatable bonds is 8. The molecule has 152 valence electrons. The number of carbonyl (C=O) groups is 1. The van der Waals surface area contributed by atoms with Gasteiger partial charge in [-0.1, -0.05) is 13.0 Å². The van der Waals surface area contributed by atoms with Crippen molar-refractivity contribution in [3.8, 4) is 5.75 Å². The molecule has 1 atom stereocenters. The van der Waals surface area contributed by atoms with Gasteiger partial charge in [0, 0.05) is 11.7 Å². The third kappa shape index (κ3) is 5.73. The summed E-state index contributed by atoms with van der Waals surface area (Å²) in [6, 6.07) is 10.1. The highest BCUT2D eigenvalue weighted by molar-refractivity contribution is 7.92. The van der Waals surface area contributed by atoms with Crippen molar-refractivity contribution in [2.45, 2.75) is 52.0 Å². The van der Waals surface area contributed by atoms with Crippen LogP contribution < -0.4 is 14.8 Å². The summed E-state index contributed by atoms with van der Waals surface area (Å²) in [4.78, 5) is 12.0. The molecule has 1 amide bonds. The molecule has 0 aliphatic rings. The van der Waals surface area contributed by atoms with Gasteiger partial charge in [-0.2, -0.15) is 0 Å². The molecule has 0 bridgehead atoms. The number of carbonyl (C=O) groups excluding carboxylic acids is 1. The standard InChI is InChI=1S/C21H28N2O4S/c1-6-17(5)22-21(24)13-27-20-10-9-19(12-16(20)4)28(25,26)23-18-8-7-14(2)15(3)11-18/h7-12,17,23H,6,13H2,1-5H3,(H,22,24)/t17-/m1/s1. The van der Waals surface area contributed by atoms with Crippen molar-refractivity contribution in [2.24, 2.45) is 0 Å². The Kier molecular flexibility index (Phi) is 7.07. The fourth-order valence-electron chi connectivity index (χ4n) is 2.53. The minimum absolute atomic E-state index is 0.0844. The molecular formula is C21H28N2O4S. The van der Waals surface area contributed by atoms with E-state index in [1.165, 1.54) is 12.1 Å². The van der Waals surface area contributed by atoms with Crippen LogP contribution in [0.3, 0.4) is 0 Å². The van der Waals surface area contributed by atoms with E-state index in [9.17, 15) is 13.2 Å². The minimum atomic E-state index is -3.72. The predicted molar refractivity (Wildman–Crippen MR) is 111 cm³/mol. The highest BCUT2D eigenvalue weighted by Gasteiger charge is 2.16. The Balaban J connectivity index is 2.09. The number of amides is 1. The van der Waals surface area contributed by atoms with E-state index in [0.717, 1.165) is 17.5 Å². The van der Waals surface area contributed by atoms with Crippen LogP contribution in [0.1, 0.15) is 37.0 Å². The maximum Gasteiger partial charge on any atom is 0.261 e. The van der Waals surface area contributed by atoms with Crippen LogP contribution in [0.2, 0.25) is 0 Å². The summed E-state index contributed by atoms with van der Waals surface area (Å²) in [6.07, 6.45) is 0.838. The molecule has 6 nitrogen and oxygen atoms in total. The van der Waals surface area contributed by atoms with Crippen LogP contribution in [0.4, 0.5) is 5.69 Å². The fourth-order valence-corrected chi connectivity index (χ4v) is 3.67. The minimum Gasteiger partial charge on any atom is -0.484 e. The number of benzene rings is 2. The molecule has 28 heavy (non-hydrogen) atoms. The van der Waals surface area contributed by atoms with Crippen molar-refractivity contribution < 1.29 is 17.9 Å². The molecule has 0 spiro atoms. The van der Waals surface area contributed by atoms with Crippen LogP contribution in [0.5, 0.6) is 5.75 Å². The first kappa shape index (κ1) is 21.8. The second kappa shape index (κ2) is 9.10. The summed E-state index contributed by atoms with van der Waals surface area (Å²) >= 11 is 0. The van der Waals surface area contributed by atoms with Crippen molar-refractivity contribution in [1.82, 2.24) is 5.32 Å². The van der Waals surface area contributed by atoms with Crippen LogP contribution in [-0.2, 0) is 14.8 Å². The Hall–Kier alpha value is -2.54. The number of hydrogen-bond acceptors (Lipinski definition) is 4. The molecule has 2 rings (SSSR count). The van der Waals surface area contributed by atoms with Gasteiger partial charge < -0.3 is 10.1 Å². The maximum absolute atomic E-state index is 12.7. The second-order valence-electron chi connectivity index (χ2n) is 7.00. The van der Waals surface area contributed by atoms with E-state index < -0.39 is 10.0 Å². The summed E-state index contributed by atoms with van der Waals surface area (Å²) < 4.78 is 33.5. The summed E-state index contributed by atoms with van der Waals surface area (Å²) in [7, 11) is -3.72. The maximum atomic E-state index is 12.7. The Bertz CT molecular complexity index is 955. The molecule has 7 heteroatoms. The molecule has 2 aromatic carbocycles. The number of nitrogens with one attached hydrogen (secondary N) is 2. The highest BCUT2D eigenvalue weighted by Crippen LogP contribution is 2.24. The molecule has 0 saturated carbocycles. The van der Waals surface area contributed by atoms with Crippen molar-refractivity contribution in [3.63, 3.8) is 0 Å². The van der Waals surface area contributed by atoms with Gasteiger partial charge in [0.15, 0.2) is 6.61 Å². The lowest BCUT2D eigenvalue weighted by molar-refractivity contribution is -0.123. The first-order valence-corrected chi connectivity index (χ1v) is 10.7. The van der Waals surface area contributed by atoms with Gasteiger partial charge in [-0.25, -0.2) is 8.42 Å². The largest absolute Gasteiger partial charge is 0.484 e. The molecule has 2 aromatic rings. The summed E-state index contributed by atoms with van der Waals surface area (Å²) in [5.41, 5.74) is 3.26. The van der Waals surface area contributed by atoms with E-state index in [1.54, 1.807) is 25.1 Å². The van der Waals surface area contributed by atoms with Crippen LogP contribution in [0.15, 0.2) is 41.3 Å². The number of ether oxygens (including phenoxy) is 1. The predicted octanol–water partition coefficient (Wildman–Crippen LogP) is 3.71. The average molecular weight is 405 g/mol. The number of sulfonamides is 1. The van der Waals surface area contributed by atoms with E-state index >= 15 is 0 Å². The van der Waals surface area contributed by atoms with Crippen LogP contribution in [-0.4, -0.2) is 27.0 Å². The molecule has 0 unspecified atom stereocenters. The summed E-state index contributed by atoms with van der Waals surface area (Å²) in [5, 5.41) is 2.82. The lowest BCUT2D eigenvalue weighted by Crippen LogP contribution is -2.35. The molecule has 0 heterocycles. The van der Waals surface area contributed by atoms with E-state index in [0.29, 0.717) is 17.0 Å². The van der Waals surface area contributed by atoms with Gasteiger partial charge in [0.2, 0.25) is 0 Å². The molecule has 0 fully saturated rings. The zero-order chi connectivity index (χ0) is 20.9. The third-order valence-electron chi connectivity index (χ3n) is 4.59. The molecule has 0 aliphatic carbocycles. The van der Waals surface area contributed by atoms with Crippen molar-refractivity contribution in [3.05, 3.63) is 53.1 Å². The molecule has 2 N–H and O–H groups in total. The smallest absolute Gasteiger partial charge is 0.261 e. The van der Waals surface area contributed by atoms with Crippen molar-refractivity contribution >= 4 is 21.6 Å². The van der Waals surface area contributed by atoms with E-state index in [-0.39, 0.29) is 23.5 Å². The Labute approximate surface area is 167 Å². The van der Waals surface area contributed by atoms with E-state index in [2.05, 4.69) is 10.0 Å². The second-order valence-corrected chi connectivity index (χ2v) is 8.68. The topological polar surface area (TPSA) is 84.5 Å². The zero-order valence-corrected chi connectivity index (χ0v) is 17.8.